The highest BCUT2D eigenvalue weighted by Crippen LogP contribution is 2.36. The van der Waals surface area contributed by atoms with Crippen molar-refractivity contribution in [3.05, 3.63) is 51.5 Å². The molecule has 0 atom stereocenters. The van der Waals surface area contributed by atoms with E-state index in [0.29, 0.717) is 21.5 Å². The fourth-order valence-corrected chi connectivity index (χ4v) is 2.70. The number of rotatable bonds is 2. The van der Waals surface area contributed by atoms with E-state index in [1.807, 2.05) is 6.07 Å². The van der Waals surface area contributed by atoms with E-state index >= 15 is 0 Å². The zero-order valence-corrected chi connectivity index (χ0v) is 11.8. The third-order valence-electron chi connectivity index (χ3n) is 3.35. The Bertz CT molecular complexity index is 640. The summed E-state index contributed by atoms with van der Waals surface area (Å²) in [5, 5.41) is 0.868. The Morgan fingerprint density at radius 1 is 0.947 bits per heavy atom. The van der Waals surface area contributed by atoms with Gasteiger partial charge in [0.2, 0.25) is 0 Å². The van der Waals surface area contributed by atoms with Crippen LogP contribution < -0.4 is 10.5 Å². The normalized spacial score (nSPS) is 13.4. The minimum absolute atomic E-state index is 0.431. The van der Waals surface area contributed by atoms with Crippen LogP contribution in [-0.4, -0.2) is 0 Å². The molecule has 0 amide bonds. The summed E-state index contributed by atoms with van der Waals surface area (Å²) in [6.45, 7) is 0. The second kappa shape index (κ2) is 4.95. The zero-order valence-electron chi connectivity index (χ0n) is 10.2. The number of hydrogen-bond donors (Lipinski definition) is 1. The molecule has 0 spiro atoms. The molecule has 0 aliphatic heterocycles. The van der Waals surface area contributed by atoms with Crippen molar-refractivity contribution in [3.8, 4) is 11.5 Å². The SMILES string of the molecule is Nc1cc(Cl)c(Cl)cc1Oc1ccc2c(c1)CCC2. The fraction of sp³-hybridized carbons (Fsp3) is 0.200. The molecule has 0 saturated carbocycles. The maximum absolute atomic E-state index is 5.98. The standard InChI is InChI=1S/C15H13Cl2NO/c16-12-7-14(18)15(8-13(12)17)19-11-5-4-9-2-1-3-10(9)6-11/h4-8H,1-3,18H2. The smallest absolute Gasteiger partial charge is 0.151 e. The molecule has 3 rings (SSSR count). The van der Waals surface area contributed by atoms with Crippen LogP contribution in [0.2, 0.25) is 10.0 Å². The molecule has 0 bridgehead atoms. The predicted octanol–water partition coefficient (Wildman–Crippen LogP) is 4.86. The molecule has 2 aromatic carbocycles. The Balaban J connectivity index is 1.91. The summed E-state index contributed by atoms with van der Waals surface area (Å²) in [5.41, 5.74) is 9.13. The maximum atomic E-state index is 5.98. The lowest BCUT2D eigenvalue weighted by Gasteiger charge is -2.11. The highest BCUT2D eigenvalue weighted by atomic mass is 35.5. The van der Waals surface area contributed by atoms with Gasteiger partial charge in [-0.05, 0) is 48.6 Å². The van der Waals surface area contributed by atoms with Gasteiger partial charge in [0.15, 0.2) is 5.75 Å². The lowest BCUT2D eigenvalue weighted by atomic mass is 10.1. The summed E-state index contributed by atoms with van der Waals surface area (Å²) in [4.78, 5) is 0. The minimum Gasteiger partial charge on any atom is -0.455 e. The van der Waals surface area contributed by atoms with E-state index in [-0.39, 0.29) is 0 Å². The molecule has 0 aromatic heterocycles. The van der Waals surface area contributed by atoms with Crippen molar-refractivity contribution in [1.82, 2.24) is 0 Å². The van der Waals surface area contributed by atoms with E-state index in [2.05, 4.69) is 12.1 Å². The molecule has 1 aliphatic rings. The van der Waals surface area contributed by atoms with Gasteiger partial charge < -0.3 is 10.5 Å². The summed E-state index contributed by atoms with van der Waals surface area (Å²) >= 11 is 11.9. The molecular weight excluding hydrogens is 281 g/mol. The Hall–Kier alpha value is -1.38. The van der Waals surface area contributed by atoms with Crippen LogP contribution in [0.3, 0.4) is 0 Å². The highest BCUT2D eigenvalue weighted by molar-refractivity contribution is 6.42. The molecule has 0 unspecified atom stereocenters. The second-order valence-corrected chi connectivity index (χ2v) is 5.50. The van der Waals surface area contributed by atoms with Gasteiger partial charge in [0.25, 0.3) is 0 Å². The van der Waals surface area contributed by atoms with E-state index in [4.69, 9.17) is 33.7 Å². The zero-order chi connectivity index (χ0) is 13.4. The average molecular weight is 294 g/mol. The molecule has 1 aliphatic carbocycles. The van der Waals surface area contributed by atoms with Crippen LogP contribution in [0.5, 0.6) is 11.5 Å². The van der Waals surface area contributed by atoms with Gasteiger partial charge in [-0.2, -0.15) is 0 Å². The summed E-state index contributed by atoms with van der Waals surface area (Å²) in [5.74, 6) is 1.32. The molecule has 2 nitrogen and oxygen atoms in total. The van der Waals surface area contributed by atoms with E-state index < -0.39 is 0 Å². The van der Waals surface area contributed by atoms with Gasteiger partial charge in [-0.25, -0.2) is 0 Å². The summed E-state index contributed by atoms with van der Waals surface area (Å²) < 4.78 is 5.80. The maximum Gasteiger partial charge on any atom is 0.151 e. The lowest BCUT2D eigenvalue weighted by Crippen LogP contribution is -1.93. The Morgan fingerprint density at radius 3 is 2.53 bits per heavy atom. The molecule has 0 saturated heterocycles. The van der Waals surface area contributed by atoms with Gasteiger partial charge in [0.1, 0.15) is 5.75 Å². The van der Waals surface area contributed by atoms with Crippen molar-refractivity contribution in [2.75, 3.05) is 5.73 Å². The number of aryl methyl sites for hydroxylation is 2. The Labute approximate surface area is 122 Å². The van der Waals surface area contributed by atoms with Crippen LogP contribution >= 0.6 is 23.2 Å². The predicted molar refractivity (Wildman–Crippen MR) is 79.4 cm³/mol. The van der Waals surface area contributed by atoms with Crippen LogP contribution in [0.15, 0.2) is 30.3 Å². The first kappa shape index (κ1) is 12.6. The number of fused-ring (bicyclic) bond motifs is 1. The fourth-order valence-electron chi connectivity index (χ4n) is 2.37. The van der Waals surface area contributed by atoms with Crippen LogP contribution in [0, 0.1) is 0 Å². The van der Waals surface area contributed by atoms with Crippen molar-refractivity contribution in [2.45, 2.75) is 19.3 Å². The van der Waals surface area contributed by atoms with E-state index in [1.165, 1.54) is 17.5 Å². The molecule has 0 radical (unpaired) electrons. The molecule has 19 heavy (non-hydrogen) atoms. The van der Waals surface area contributed by atoms with Gasteiger partial charge in [0, 0.05) is 6.07 Å². The van der Waals surface area contributed by atoms with Crippen LogP contribution in [0.4, 0.5) is 5.69 Å². The largest absolute Gasteiger partial charge is 0.455 e. The van der Waals surface area contributed by atoms with Crippen LogP contribution in [0.1, 0.15) is 17.5 Å². The minimum atomic E-state index is 0.431. The first-order valence-electron chi connectivity index (χ1n) is 6.17. The third kappa shape index (κ3) is 2.51. The van der Waals surface area contributed by atoms with Gasteiger partial charge in [-0.3, -0.25) is 0 Å². The number of hydrogen-bond acceptors (Lipinski definition) is 2. The van der Waals surface area contributed by atoms with E-state index in [1.54, 1.807) is 12.1 Å². The molecule has 0 heterocycles. The molecular formula is C15H13Cl2NO. The number of benzene rings is 2. The van der Waals surface area contributed by atoms with Crippen molar-refractivity contribution in [2.24, 2.45) is 0 Å². The number of halogens is 2. The Morgan fingerprint density at radius 2 is 1.68 bits per heavy atom. The first-order chi connectivity index (χ1) is 9.13. The third-order valence-corrected chi connectivity index (χ3v) is 4.07. The second-order valence-electron chi connectivity index (χ2n) is 4.69. The topological polar surface area (TPSA) is 35.2 Å². The number of ether oxygens (including phenoxy) is 1. The van der Waals surface area contributed by atoms with E-state index in [9.17, 15) is 0 Å². The highest BCUT2D eigenvalue weighted by Gasteiger charge is 2.13. The summed E-state index contributed by atoms with van der Waals surface area (Å²) in [6, 6.07) is 9.40. The summed E-state index contributed by atoms with van der Waals surface area (Å²) in [6.07, 6.45) is 3.49. The lowest BCUT2D eigenvalue weighted by molar-refractivity contribution is 0.484. The van der Waals surface area contributed by atoms with Crippen molar-refractivity contribution in [3.63, 3.8) is 0 Å². The Kier molecular flexibility index (Phi) is 3.29. The average Bonchev–Trinajstić information content (AvgIpc) is 2.83. The number of nitrogen functional groups attached to an aromatic ring is 1. The molecule has 4 heteroatoms. The van der Waals surface area contributed by atoms with Crippen LogP contribution in [0.25, 0.3) is 0 Å². The van der Waals surface area contributed by atoms with Gasteiger partial charge in [0.05, 0.1) is 15.7 Å². The number of nitrogens with two attached hydrogens (primary N) is 1. The monoisotopic (exact) mass is 293 g/mol. The van der Waals surface area contributed by atoms with Gasteiger partial charge in [-0.1, -0.05) is 29.3 Å². The van der Waals surface area contributed by atoms with E-state index in [0.717, 1.165) is 18.6 Å². The molecule has 98 valence electrons. The van der Waals surface area contributed by atoms with Crippen molar-refractivity contribution >= 4 is 28.9 Å². The number of anilines is 1. The molecule has 2 aromatic rings. The quantitative estimate of drug-likeness (QED) is 0.803. The first-order valence-corrected chi connectivity index (χ1v) is 6.93. The van der Waals surface area contributed by atoms with Crippen molar-refractivity contribution in [1.29, 1.82) is 0 Å². The van der Waals surface area contributed by atoms with Crippen LogP contribution in [-0.2, 0) is 12.8 Å². The molecule has 2 N–H and O–H groups in total. The van der Waals surface area contributed by atoms with Gasteiger partial charge >= 0.3 is 0 Å². The van der Waals surface area contributed by atoms with Crippen molar-refractivity contribution < 1.29 is 4.74 Å². The summed E-state index contributed by atoms with van der Waals surface area (Å²) in [7, 11) is 0. The molecule has 0 fully saturated rings. The van der Waals surface area contributed by atoms with Gasteiger partial charge in [-0.15, -0.1) is 0 Å².